The SMILES string of the molecule is CCOC(=O)[C@@]1(Cc2ccccc2)C[C@H]2CC[C@@H]1N2C(=O)c1ccnn1C. The molecule has 1 amide bonds. The van der Waals surface area contributed by atoms with E-state index in [1.54, 1.807) is 24.0 Å². The molecule has 2 saturated heterocycles. The van der Waals surface area contributed by atoms with Crippen LogP contribution in [-0.4, -0.2) is 45.2 Å². The summed E-state index contributed by atoms with van der Waals surface area (Å²) >= 11 is 0. The number of carbonyl (C=O) groups excluding carboxylic acids is 2. The molecule has 27 heavy (non-hydrogen) atoms. The molecule has 2 aliphatic heterocycles. The number of rotatable bonds is 5. The first-order valence-corrected chi connectivity index (χ1v) is 9.58. The summed E-state index contributed by atoms with van der Waals surface area (Å²) in [6.45, 7) is 2.18. The quantitative estimate of drug-likeness (QED) is 0.762. The normalized spacial score (nSPS) is 26.4. The Bertz CT molecular complexity index is 847. The molecule has 0 spiro atoms. The van der Waals surface area contributed by atoms with Crippen molar-refractivity contribution >= 4 is 11.9 Å². The summed E-state index contributed by atoms with van der Waals surface area (Å²) in [5, 5.41) is 4.13. The fourth-order valence-corrected chi connectivity index (χ4v) is 4.92. The second kappa shape index (κ2) is 6.83. The molecule has 2 bridgehead atoms. The molecular formula is C21H25N3O3. The zero-order valence-corrected chi connectivity index (χ0v) is 15.8. The van der Waals surface area contributed by atoms with Crippen LogP contribution in [0.3, 0.4) is 0 Å². The third-order valence-corrected chi connectivity index (χ3v) is 6.06. The molecule has 6 nitrogen and oxygen atoms in total. The van der Waals surface area contributed by atoms with Crippen LogP contribution < -0.4 is 0 Å². The van der Waals surface area contributed by atoms with Crippen molar-refractivity contribution in [2.45, 2.75) is 44.7 Å². The number of hydrogen-bond acceptors (Lipinski definition) is 4. The average molecular weight is 367 g/mol. The van der Waals surface area contributed by atoms with Crippen LogP contribution in [0.4, 0.5) is 0 Å². The van der Waals surface area contributed by atoms with Crippen LogP contribution in [-0.2, 0) is 23.0 Å². The molecular weight excluding hydrogens is 342 g/mol. The first-order chi connectivity index (χ1) is 13.1. The number of nitrogens with zero attached hydrogens (tertiary/aromatic N) is 3. The van der Waals surface area contributed by atoms with E-state index in [0.717, 1.165) is 18.4 Å². The van der Waals surface area contributed by atoms with Crippen LogP contribution in [0.25, 0.3) is 0 Å². The van der Waals surface area contributed by atoms with Crippen LogP contribution in [0.15, 0.2) is 42.6 Å². The first-order valence-electron chi connectivity index (χ1n) is 9.58. The Labute approximate surface area is 159 Å². The number of aromatic nitrogens is 2. The third kappa shape index (κ3) is 2.83. The maximum atomic E-state index is 13.2. The number of hydrogen-bond donors (Lipinski definition) is 0. The van der Waals surface area contributed by atoms with Crippen molar-refractivity contribution < 1.29 is 14.3 Å². The summed E-state index contributed by atoms with van der Waals surface area (Å²) in [5.41, 5.74) is 0.992. The minimum atomic E-state index is -0.672. The van der Waals surface area contributed by atoms with Gasteiger partial charge < -0.3 is 9.64 Å². The molecule has 0 unspecified atom stereocenters. The Hall–Kier alpha value is -2.63. The highest BCUT2D eigenvalue weighted by atomic mass is 16.5. The largest absolute Gasteiger partial charge is 0.465 e. The van der Waals surface area contributed by atoms with Gasteiger partial charge in [0.1, 0.15) is 5.69 Å². The number of aryl methyl sites for hydroxylation is 1. The molecule has 1 aromatic heterocycles. The van der Waals surface area contributed by atoms with Gasteiger partial charge in [-0.2, -0.15) is 5.10 Å². The van der Waals surface area contributed by atoms with Gasteiger partial charge in [-0.05, 0) is 44.2 Å². The maximum absolute atomic E-state index is 13.2. The molecule has 2 aromatic rings. The van der Waals surface area contributed by atoms with E-state index in [-0.39, 0.29) is 24.0 Å². The Morgan fingerprint density at radius 2 is 2.00 bits per heavy atom. The summed E-state index contributed by atoms with van der Waals surface area (Å²) in [5.74, 6) is -0.217. The van der Waals surface area contributed by atoms with Gasteiger partial charge in [0.05, 0.1) is 12.0 Å². The van der Waals surface area contributed by atoms with Crippen molar-refractivity contribution in [3.63, 3.8) is 0 Å². The Morgan fingerprint density at radius 1 is 1.22 bits per heavy atom. The molecule has 3 atom stereocenters. The molecule has 6 heteroatoms. The molecule has 1 aromatic carbocycles. The molecule has 0 radical (unpaired) electrons. The number of benzene rings is 1. The van der Waals surface area contributed by atoms with E-state index in [9.17, 15) is 9.59 Å². The average Bonchev–Trinajstić information content (AvgIpc) is 3.35. The van der Waals surface area contributed by atoms with E-state index in [2.05, 4.69) is 5.10 Å². The van der Waals surface area contributed by atoms with Crippen molar-refractivity contribution in [2.75, 3.05) is 6.61 Å². The lowest BCUT2D eigenvalue weighted by molar-refractivity contribution is -0.157. The number of fused-ring (bicyclic) bond motifs is 2. The number of amides is 1. The summed E-state index contributed by atoms with van der Waals surface area (Å²) in [6.07, 6.45) is 4.66. The highest BCUT2D eigenvalue weighted by molar-refractivity contribution is 5.94. The van der Waals surface area contributed by atoms with E-state index in [4.69, 9.17) is 4.74 Å². The van der Waals surface area contributed by atoms with Gasteiger partial charge in [0.25, 0.3) is 5.91 Å². The van der Waals surface area contributed by atoms with Crippen molar-refractivity contribution in [2.24, 2.45) is 12.5 Å². The van der Waals surface area contributed by atoms with E-state index in [1.165, 1.54) is 0 Å². The van der Waals surface area contributed by atoms with E-state index in [0.29, 0.717) is 25.1 Å². The van der Waals surface area contributed by atoms with Crippen molar-refractivity contribution in [1.29, 1.82) is 0 Å². The Kier molecular flexibility index (Phi) is 4.50. The second-order valence-electron chi connectivity index (χ2n) is 7.54. The van der Waals surface area contributed by atoms with Crippen molar-refractivity contribution in [3.05, 3.63) is 53.9 Å². The van der Waals surface area contributed by atoms with Crippen LogP contribution in [0, 0.1) is 5.41 Å². The molecule has 4 rings (SSSR count). The van der Waals surface area contributed by atoms with Gasteiger partial charge in [0.15, 0.2) is 0 Å². The second-order valence-corrected chi connectivity index (χ2v) is 7.54. The fourth-order valence-electron chi connectivity index (χ4n) is 4.92. The smallest absolute Gasteiger partial charge is 0.314 e. The number of esters is 1. The lowest BCUT2D eigenvalue weighted by Crippen LogP contribution is -2.47. The zero-order valence-electron chi connectivity index (χ0n) is 15.8. The summed E-state index contributed by atoms with van der Waals surface area (Å²) in [7, 11) is 1.77. The number of ether oxygens (including phenoxy) is 1. The van der Waals surface area contributed by atoms with Gasteiger partial charge >= 0.3 is 5.97 Å². The summed E-state index contributed by atoms with van der Waals surface area (Å²) in [4.78, 5) is 28.3. The van der Waals surface area contributed by atoms with Gasteiger partial charge in [0.2, 0.25) is 0 Å². The van der Waals surface area contributed by atoms with Gasteiger partial charge in [0, 0.05) is 25.3 Å². The van der Waals surface area contributed by atoms with Crippen LogP contribution in [0.2, 0.25) is 0 Å². The van der Waals surface area contributed by atoms with Crippen LogP contribution in [0.5, 0.6) is 0 Å². The molecule has 142 valence electrons. The third-order valence-electron chi connectivity index (χ3n) is 6.06. The van der Waals surface area contributed by atoms with Gasteiger partial charge in [-0.25, -0.2) is 0 Å². The minimum absolute atomic E-state index is 0.0401. The molecule has 0 saturated carbocycles. The monoisotopic (exact) mass is 367 g/mol. The topological polar surface area (TPSA) is 64.4 Å². The highest BCUT2D eigenvalue weighted by Gasteiger charge is 2.62. The highest BCUT2D eigenvalue weighted by Crippen LogP contribution is 2.52. The van der Waals surface area contributed by atoms with Crippen molar-refractivity contribution in [1.82, 2.24) is 14.7 Å². The lowest BCUT2D eigenvalue weighted by atomic mass is 9.70. The molecule has 2 aliphatic rings. The molecule has 0 N–H and O–H groups in total. The summed E-state index contributed by atoms with van der Waals surface area (Å²) < 4.78 is 7.10. The van der Waals surface area contributed by atoms with E-state index in [1.807, 2.05) is 42.2 Å². The standard InChI is InChI=1S/C21H25N3O3/c1-3-27-20(26)21(13-15-7-5-4-6-8-15)14-16-9-10-18(21)24(16)19(25)17-11-12-22-23(17)2/h4-8,11-12,16,18H,3,9-10,13-14H2,1-2H3/t16-,18+,21+/m1/s1. The lowest BCUT2D eigenvalue weighted by Gasteiger charge is -2.35. The fraction of sp³-hybridized carbons (Fsp3) is 0.476. The minimum Gasteiger partial charge on any atom is -0.465 e. The predicted molar refractivity (Wildman–Crippen MR) is 100 cm³/mol. The molecule has 0 aliphatic carbocycles. The molecule has 3 heterocycles. The number of carbonyl (C=O) groups is 2. The predicted octanol–water partition coefficient (Wildman–Crippen LogP) is 2.59. The van der Waals surface area contributed by atoms with Gasteiger partial charge in [-0.3, -0.25) is 14.3 Å². The first kappa shape index (κ1) is 17.8. The summed E-state index contributed by atoms with van der Waals surface area (Å²) in [6, 6.07) is 11.7. The Balaban J connectivity index is 1.70. The van der Waals surface area contributed by atoms with Gasteiger partial charge in [-0.15, -0.1) is 0 Å². The van der Waals surface area contributed by atoms with Crippen LogP contribution >= 0.6 is 0 Å². The Morgan fingerprint density at radius 3 is 2.67 bits per heavy atom. The zero-order chi connectivity index (χ0) is 19.0. The maximum Gasteiger partial charge on any atom is 0.314 e. The van der Waals surface area contributed by atoms with E-state index >= 15 is 0 Å². The molecule has 2 fully saturated rings. The van der Waals surface area contributed by atoms with Crippen LogP contribution in [0.1, 0.15) is 42.2 Å². The van der Waals surface area contributed by atoms with E-state index < -0.39 is 5.41 Å². The van der Waals surface area contributed by atoms with Gasteiger partial charge in [-0.1, -0.05) is 30.3 Å². The van der Waals surface area contributed by atoms with Crippen molar-refractivity contribution in [3.8, 4) is 0 Å².